The van der Waals surface area contributed by atoms with E-state index in [4.69, 9.17) is 11.6 Å². The lowest BCUT2D eigenvalue weighted by atomic mass is 10.0. The van der Waals surface area contributed by atoms with Crippen LogP contribution >= 0.6 is 22.9 Å². The molecule has 0 amide bonds. The monoisotopic (exact) mass is 290 g/mol. The molecule has 0 saturated heterocycles. The average Bonchev–Trinajstić information content (AvgIpc) is 3.06. The first-order chi connectivity index (χ1) is 9.15. The van der Waals surface area contributed by atoms with Crippen molar-refractivity contribution in [2.45, 2.75) is 12.8 Å². The highest BCUT2D eigenvalue weighted by atomic mass is 35.5. The van der Waals surface area contributed by atoms with Gasteiger partial charge >= 0.3 is 0 Å². The van der Waals surface area contributed by atoms with Gasteiger partial charge in [-0.05, 0) is 53.1 Å². The standard InChI is InChI=1S/C15H11ClO2S/c16-15(18)12-6-9-3-4-10(7-11(9)8-12)14(17)13-2-1-5-19-13/h1-5,7,12H,6,8H2. The molecule has 1 aromatic heterocycles. The number of rotatable bonds is 3. The molecule has 0 spiro atoms. The van der Waals surface area contributed by atoms with Crippen LogP contribution in [0.1, 0.15) is 26.4 Å². The molecule has 0 bridgehead atoms. The van der Waals surface area contributed by atoms with E-state index in [1.165, 1.54) is 11.3 Å². The van der Waals surface area contributed by atoms with Crippen molar-refractivity contribution in [3.63, 3.8) is 0 Å². The molecule has 2 aromatic rings. The van der Waals surface area contributed by atoms with Crippen LogP contribution in [0, 0.1) is 5.92 Å². The Kier molecular flexibility index (Phi) is 3.25. The van der Waals surface area contributed by atoms with E-state index < -0.39 is 0 Å². The number of ketones is 1. The van der Waals surface area contributed by atoms with E-state index in [1.807, 2.05) is 35.7 Å². The van der Waals surface area contributed by atoms with Gasteiger partial charge in [0.1, 0.15) is 0 Å². The van der Waals surface area contributed by atoms with Crippen molar-refractivity contribution in [2.24, 2.45) is 5.92 Å². The highest BCUT2D eigenvalue weighted by molar-refractivity contribution is 7.12. The highest BCUT2D eigenvalue weighted by Gasteiger charge is 2.27. The molecule has 1 aromatic carbocycles. The Hall–Kier alpha value is -1.45. The molecule has 1 atom stereocenters. The van der Waals surface area contributed by atoms with E-state index in [1.54, 1.807) is 0 Å². The normalized spacial score (nSPS) is 17.2. The summed E-state index contributed by atoms with van der Waals surface area (Å²) in [5, 5.41) is 1.60. The Bertz CT molecular complexity index is 646. The molecule has 0 N–H and O–H groups in total. The fourth-order valence-electron chi connectivity index (χ4n) is 2.47. The van der Waals surface area contributed by atoms with Crippen molar-refractivity contribution in [3.8, 4) is 0 Å². The molecule has 19 heavy (non-hydrogen) atoms. The van der Waals surface area contributed by atoms with E-state index in [9.17, 15) is 9.59 Å². The summed E-state index contributed by atoms with van der Waals surface area (Å²) in [4.78, 5) is 24.2. The van der Waals surface area contributed by atoms with Crippen LogP contribution in [0.25, 0.3) is 0 Å². The Morgan fingerprint density at radius 3 is 2.63 bits per heavy atom. The Labute approximate surface area is 120 Å². The molecular weight excluding hydrogens is 280 g/mol. The average molecular weight is 291 g/mol. The summed E-state index contributed by atoms with van der Waals surface area (Å²) >= 11 is 6.99. The third kappa shape index (κ3) is 2.36. The molecule has 1 heterocycles. The minimum Gasteiger partial charge on any atom is -0.288 e. The first-order valence-electron chi connectivity index (χ1n) is 6.04. The number of carbonyl (C=O) groups excluding carboxylic acids is 2. The van der Waals surface area contributed by atoms with Crippen molar-refractivity contribution in [2.75, 3.05) is 0 Å². The maximum absolute atomic E-state index is 12.2. The van der Waals surface area contributed by atoms with E-state index in [-0.39, 0.29) is 16.9 Å². The van der Waals surface area contributed by atoms with Gasteiger partial charge in [0.05, 0.1) is 4.88 Å². The molecule has 96 valence electrons. The molecule has 0 saturated carbocycles. The summed E-state index contributed by atoms with van der Waals surface area (Å²) in [6.45, 7) is 0. The van der Waals surface area contributed by atoms with Gasteiger partial charge in [0.25, 0.3) is 0 Å². The quantitative estimate of drug-likeness (QED) is 0.641. The van der Waals surface area contributed by atoms with Gasteiger partial charge in [-0.25, -0.2) is 0 Å². The zero-order chi connectivity index (χ0) is 13.4. The zero-order valence-electron chi connectivity index (χ0n) is 10.1. The van der Waals surface area contributed by atoms with E-state index in [0.29, 0.717) is 18.4 Å². The predicted octanol–water partition coefficient (Wildman–Crippen LogP) is 3.46. The molecule has 0 fully saturated rings. The zero-order valence-corrected chi connectivity index (χ0v) is 11.6. The molecule has 3 rings (SSSR count). The lowest BCUT2D eigenvalue weighted by Crippen LogP contribution is -2.07. The number of benzene rings is 1. The lowest BCUT2D eigenvalue weighted by Gasteiger charge is -2.02. The van der Waals surface area contributed by atoms with Crippen LogP contribution in [-0.4, -0.2) is 11.0 Å². The van der Waals surface area contributed by atoms with Gasteiger partial charge in [-0.3, -0.25) is 9.59 Å². The minimum absolute atomic E-state index is 0.0402. The number of carbonyl (C=O) groups is 2. The molecular formula is C15H11ClO2S. The Morgan fingerprint density at radius 2 is 1.95 bits per heavy atom. The van der Waals surface area contributed by atoms with Crippen LogP contribution in [-0.2, 0) is 17.6 Å². The summed E-state index contributed by atoms with van der Waals surface area (Å²) < 4.78 is 0. The van der Waals surface area contributed by atoms with Gasteiger partial charge in [-0.2, -0.15) is 0 Å². The van der Waals surface area contributed by atoms with Gasteiger partial charge in [0.15, 0.2) is 0 Å². The van der Waals surface area contributed by atoms with E-state index in [2.05, 4.69) is 0 Å². The first-order valence-corrected chi connectivity index (χ1v) is 7.30. The van der Waals surface area contributed by atoms with Crippen LogP contribution in [0.5, 0.6) is 0 Å². The van der Waals surface area contributed by atoms with Crippen molar-refractivity contribution in [1.82, 2.24) is 0 Å². The topological polar surface area (TPSA) is 34.1 Å². The van der Waals surface area contributed by atoms with Gasteiger partial charge in [0.2, 0.25) is 11.0 Å². The Balaban J connectivity index is 1.90. The van der Waals surface area contributed by atoms with Crippen LogP contribution in [0.2, 0.25) is 0 Å². The fourth-order valence-corrected chi connectivity index (χ4v) is 3.31. The van der Waals surface area contributed by atoms with Crippen molar-refractivity contribution < 1.29 is 9.59 Å². The van der Waals surface area contributed by atoms with E-state index >= 15 is 0 Å². The molecule has 1 unspecified atom stereocenters. The number of halogens is 1. The Morgan fingerprint density at radius 1 is 1.16 bits per heavy atom. The number of thiophene rings is 1. The van der Waals surface area contributed by atoms with Crippen molar-refractivity contribution in [3.05, 3.63) is 57.3 Å². The minimum atomic E-state index is -0.290. The molecule has 0 radical (unpaired) electrons. The maximum Gasteiger partial charge on any atom is 0.225 e. The third-order valence-electron chi connectivity index (χ3n) is 3.47. The predicted molar refractivity (Wildman–Crippen MR) is 76.0 cm³/mol. The van der Waals surface area contributed by atoms with Gasteiger partial charge in [-0.1, -0.05) is 18.2 Å². The molecule has 0 aliphatic heterocycles. The molecule has 1 aliphatic rings. The second-order valence-electron chi connectivity index (χ2n) is 4.70. The van der Waals surface area contributed by atoms with Gasteiger partial charge in [-0.15, -0.1) is 11.3 Å². The smallest absolute Gasteiger partial charge is 0.225 e. The largest absolute Gasteiger partial charge is 0.288 e. The summed E-state index contributed by atoms with van der Waals surface area (Å²) in [6, 6.07) is 9.37. The fraction of sp³-hybridized carbons (Fsp3) is 0.200. The molecule has 2 nitrogen and oxygen atoms in total. The van der Waals surface area contributed by atoms with E-state index in [0.717, 1.165) is 16.0 Å². The lowest BCUT2D eigenvalue weighted by molar-refractivity contribution is -0.114. The van der Waals surface area contributed by atoms with Crippen molar-refractivity contribution in [1.29, 1.82) is 0 Å². The molecule has 4 heteroatoms. The summed E-state index contributed by atoms with van der Waals surface area (Å²) in [7, 11) is 0. The van der Waals surface area contributed by atoms with Crippen LogP contribution in [0.15, 0.2) is 35.7 Å². The van der Waals surface area contributed by atoms with Crippen LogP contribution in [0.3, 0.4) is 0 Å². The van der Waals surface area contributed by atoms with Gasteiger partial charge in [0, 0.05) is 11.5 Å². The second kappa shape index (κ2) is 4.91. The highest BCUT2D eigenvalue weighted by Crippen LogP contribution is 2.29. The van der Waals surface area contributed by atoms with Crippen LogP contribution in [0.4, 0.5) is 0 Å². The number of hydrogen-bond acceptors (Lipinski definition) is 3. The second-order valence-corrected chi connectivity index (χ2v) is 6.02. The third-order valence-corrected chi connectivity index (χ3v) is 4.64. The summed E-state index contributed by atoms with van der Waals surface area (Å²) in [5.74, 6) is -0.0952. The number of hydrogen-bond donors (Lipinski definition) is 0. The first kappa shape index (κ1) is 12.6. The summed E-state index contributed by atoms with van der Waals surface area (Å²) in [6.07, 6.45) is 1.33. The van der Waals surface area contributed by atoms with Crippen LogP contribution < -0.4 is 0 Å². The SMILES string of the molecule is O=C(c1ccc2c(c1)CC(C(=O)Cl)C2)c1cccs1. The van der Waals surface area contributed by atoms with Gasteiger partial charge < -0.3 is 0 Å². The molecule has 1 aliphatic carbocycles. The maximum atomic E-state index is 12.2. The van der Waals surface area contributed by atoms with Crippen molar-refractivity contribution >= 4 is 34.0 Å². The summed E-state index contributed by atoms with van der Waals surface area (Å²) in [5.41, 5.74) is 2.88. The number of fused-ring (bicyclic) bond motifs is 1.